The van der Waals surface area contributed by atoms with Crippen LogP contribution in [0.2, 0.25) is 0 Å². The Hall–Kier alpha value is -0.160. The highest BCUT2D eigenvalue weighted by Crippen LogP contribution is 1.90. The van der Waals surface area contributed by atoms with Crippen molar-refractivity contribution in [3.63, 3.8) is 0 Å². The lowest BCUT2D eigenvalue weighted by molar-refractivity contribution is 0.0610. The van der Waals surface area contributed by atoms with Gasteiger partial charge in [-0.15, -0.1) is 0 Å². The van der Waals surface area contributed by atoms with E-state index in [4.69, 9.17) is 19.3 Å². The van der Waals surface area contributed by atoms with Crippen LogP contribution in [0.3, 0.4) is 0 Å². The van der Waals surface area contributed by atoms with Crippen LogP contribution in [0.5, 0.6) is 0 Å². The summed E-state index contributed by atoms with van der Waals surface area (Å²) in [6.07, 6.45) is 3.38. The van der Waals surface area contributed by atoms with E-state index in [2.05, 4.69) is 6.92 Å². The Labute approximate surface area is 98.9 Å². The molecule has 97 valence electrons. The van der Waals surface area contributed by atoms with E-state index in [0.717, 1.165) is 45.7 Å². The van der Waals surface area contributed by atoms with Gasteiger partial charge in [-0.25, -0.2) is 0 Å². The maximum Gasteiger partial charge on any atom is 0.0488 e. The quantitative estimate of drug-likeness (QED) is 0.489. The molecule has 4 heteroatoms. The average Bonchev–Trinajstić information content (AvgIpc) is 2.31. The number of hydrogen-bond acceptors (Lipinski definition) is 4. The van der Waals surface area contributed by atoms with Crippen molar-refractivity contribution >= 4 is 0 Å². The molecule has 0 unspecified atom stereocenters. The number of hydrogen-bond donors (Lipinski definition) is 1. The molecule has 16 heavy (non-hydrogen) atoms. The zero-order chi connectivity index (χ0) is 11.9. The first-order chi connectivity index (χ1) is 7.91. The summed E-state index contributed by atoms with van der Waals surface area (Å²) in [7, 11) is 0. The van der Waals surface area contributed by atoms with Crippen LogP contribution >= 0.6 is 0 Å². The maximum absolute atomic E-state index is 8.51. The molecule has 1 N–H and O–H groups in total. The average molecular weight is 233 g/mol. The van der Waals surface area contributed by atoms with Gasteiger partial charge in [0.15, 0.2) is 0 Å². The number of rotatable bonds is 13. The minimum atomic E-state index is 0.198. The number of aliphatic hydroxyl groups excluding tert-OH is 1. The van der Waals surface area contributed by atoms with Crippen LogP contribution in [0.4, 0.5) is 0 Å². The number of ether oxygens (including phenoxy) is 3. The molecule has 0 spiro atoms. The monoisotopic (exact) mass is 233 g/mol. The first-order valence-corrected chi connectivity index (χ1v) is 6.05. The van der Waals surface area contributed by atoms with Crippen molar-refractivity contribution in [3.05, 3.63) is 6.92 Å². The molecule has 0 aliphatic heterocycles. The Morgan fingerprint density at radius 1 is 0.688 bits per heavy atom. The van der Waals surface area contributed by atoms with E-state index in [1.807, 2.05) is 0 Å². The summed E-state index contributed by atoms with van der Waals surface area (Å²) in [5.41, 5.74) is 0. The second-order valence-corrected chi connectivity index (χ2v) is 3.47. The lowest BCUT2D eigenvalue weighted by Crippen LogP contribution is -2.05. The highest BCUT2D eigenvalue weighted by Gasteiger charge is 1.92. The van der Waals surface area contributed by atoms with Crippen molar-refractivity contribution in [2.75, 3.05) is 46.2 Å². The minimum absolute atomic E-state index is 0.198. The van der Waals surface area contributed by atoms with E-state index in [-0.39, 0.29) is 6.61 Å². The van der Waals surface area contributed by atoms with Crippen molar-refractivity contribution in [2.45, 2.75) is 25.7 Å². The van der Waals surface area contributed by atoms with Gasteiger partial charge in [0.05, 0.1) is 0 Å². The second kappa shape index (κ2) is 14.8. The van der Waals surface area contributed by atoms with Crippen molar-refractivity contribution < 1.29 is 19.3 Å². The summed E-state index contributed by atoms with van der Waals surface area (Å²) in [4.78, 5) is 0. The van der Waals surface area contributed by atoms with Crippen LogP contribution in [0, 0.1) is 6.92 Å². The maximum atomic E-state index is 8.51. The highest BCUT2D eigenvalue weighted by molar-refractivity contribution is 4.40. The molecule has 0 fully saturated rings. The summed E-state index contributed by atoms with van der Waals surface area (Å²) in [6.45, 7) is 8.19. The molecule has 4 nitrogen and oxygen atoms in total. The molecule has 0 saturated carbocycles. The van der Waals surface area contributed by atoms with Crippen LogP contribution in [0.25, 0.3) is 0 Å². The van der Waals surface area contributed by atoms with Gasteiger partial charge < -0.3 is 19.3 Å². The van der Waals surface area contributed by atoms with Gasteiger partial charge in [0.1, 0.15) is 0 Å². The predicted octanol–water partition coefficient (Wildman–Crippen LogP) is 1.42. The topological polar surface area (TPSA) is 47.9 Å². The van der Waals surface area contributed by atoms with Gasteiger partial charge in [0, 0.05) is 46.2 Å². The smallest absolute Gasteiger partial charge is 0.0488 e. The van der Waals surface area contributed by atoms with Gasteiger partial charge in [-0.2, -0.15) is 0 Å². The lowest BCUT2D eigenvalue weighted by atomic mass is 10.4. The van der Waals surface area contributed by atoms with Gasteiger partial charge in [0.25, 0.3) is 0 Å². The van der Waals surface area contributed by atoms with Gasteiger partial charge in [-0.3, -0.25) is 0 Å². The predicted molar refractivity (Wildman–Crippen MR) is 63.4 cm³/mol. The molecule has 0 amide bonds. The summed E-state index contributed by atoms with van der Waals surface area (Å²) in [5, 5.41) is 8.51. The van der Waals surface area contributed by atoms with Crippen molar-refractivity contribution in [3.8, 4) is 0 Å². The van der Waals surface area contributed by atoms with Crippen molar-refractivity contribution in [1.82, 2.24) is 0 Å². The summed E-state index contributed by atoms with van der Waals surface area (Å²) >= 11 is 0. The third kappa shape index (κ3) is 13.8. The summed E-state index contributed by atoms with van der Waals surface area (Å²) < 4.78 is 15.9. The fourth-order valence-electron chi connectivity index (χ4n) is 1.10. The summed E-state index contributed by atoms with van der Waals surface area (Å²) in [5.74, 6) is 0. The standard InChI is InChI=1S/C12H25O4/c1-2-7-14-9-4-11-16-12-5-10-15-8-3-6-13/h13H,1-12H2. The van der Waals surface area contributed by atoms with E-state index >= 15 is 0 Å². The van der Waals surface area contributed by atoms with E-state index in [1.165, 1.54) is 0 Å². The zero-order valence-electron chi connectivity index (χ0n) is 10.2. The Bertz CT molecular complexity index is 106. The molecule has 0 rings (SSSR count). The molecular weight excluding hydrogens is 208 g/mol. The lowest BCUT2D eigenvalue weighted by Gasteiger charge is -2.05. The molecular formula is C12H25O4. The zero-order valence-corrected chi connectivity index (χ0v) is 10.2. The van der Waals surface area contributed by atoms with Gasteiger partial charge >= 0.3 is 0 Å². The molecule has 0 aromatic rings. The SMILES string of the molecule is [CH2]CCOCCCOCCCOCCCO. The van der Waals surface area contributed by atoms with Crippen molar-refractivity contribution in [1.29, 1.82) is 0 Å². The molecule has 0 saturated heterocycles. The fraction of sp³-hybridized carbons (Fsp3) is 0.917. The molecule has 0 heterocycles. The van der Waals surface area contributed by atoms with Crippen LogP contribution in [0.1, 0.15) is 25.7 Å². The van der Waals surface area contributed by atoms with E-state index in [1.54, 1.807) is 0 Å². The minimum Gasteiger partial charge on any atom is -0.396 e. The van der Waals surface area contributed by atoms with Crippen LogP contribution < -0.4 is 0 Å². The molecule has 0 bridgehead atoms. The van der Waals surface area contributed by atoms with Crippen LogP contribution in [-0.2, 0) is 14.2 Å². The number of aliphatic hydroxyl groups is 1. The first-order valence-electron chi connectivity index (χ1n) is 6.05. The van der Waals surface area contributed by atoms with E-state index in [0.29, 0.717) is 19.6 Å². The molecule has 0 aliphatic carbocycles. The Balaban J connectivity index is 2.83. The fourth-order valence-corrected chi connectivity index (χ4v) is 1.10. The second-order valence-electron chi connectivity index (χ2n) is 3.47. The van der Waals surface area contributed by atoms with E-state index in [9.17, 15) is 0 Å². The van der Waals surface area contributed by atoms with Gasteiger partial charge in [-0.1, -0.05) is 6.92 Å². The molecule has 0 aromatic heterocycles. The largest absolute Gasteiger partial charge is 0.396 e. The highest BCUT2D eigenvalue weighted by atomic mass is 16.5. The molecule has 0 aromatic carbocycles. The van der Waals surface area contributed by atoms with Crippen LogP contribution in [0.15, 0.2) is 0 Å². The molecule has 1 radical (unpaired) electrons. The molecule has 0 aliphatic rings. The summed E-state index contributed by atoms with van der Waals surface area (Å²) in [6, 6.07) is 0. The third-order valence-electron chi connectivity index (χ3n) is 1.89. The van der Waals surface area contributed by atoms with E-state index < -0.39 is 0 Å². The third-order valence-corrected chi connectivity index (χ3v) is 1.89. The normalized spacial score (nSPS) is 10.9. The van der Waals surface area contributed by atoms with Crippen LogP contribution in [-0.4, -0.2) is 51.4 Å². The molecule has 0 atom stereocenters. The Morgan fingerprint density at radius 3 is 1.56 bits per heavy atom. The van der Waals surface area contributed by atoms with Gasteiger partial charge in [0.2, 0.25) is 0 Å². The first kappa shape index (κ1) is 15.8. The van der Waals surface area contributed by atoms with Crippen molar-refractivity contribution in [2.24, 2.45) is 0 Å². The Kier molecular flexibility index (Phi) is 14.7. The Morgan fingerprint density at radius 2 is 1.12 bits per heavy atom. The van der Waals surface area contributed by atoms with Gasteiger partial charge in [-0.05, 0) is 25.7 Å².